The minimum atomic E-state index is -0.924. The summed E-state index contributed by atoms with van der Waals surface area (Å²) < 4.78 is 2.34. The number of carbonyl (C=O) groups excluding carboxylic acids is 1. The summed E-state index contributed by atoms with van der Waals surface area (Å²) in [6.07, 6.45) is 9.24. The van der Waals surface area contributed by atoms with Crippen LogP contribution in [0.3, 0.4) is 0 Å². The first kappa shape index (κ1) is 31.4. The Bertz CT molecular complexity index is 2070. The first-order valence-electron chi connectivity index (χ1n) is 17.8. The number of aromatic nitrogens is 4. The normalized spacial score (nSPS) is 17.3. The van der Waals surface area contributed by atoms with Gasteiger partial charge in [0.15, 0.2) is 0 Å². The molecule has 0 unspecified atom stereocenters. The van der Waals surface area contributed by atoms with Crippen molar-refractivity contribution in [2.24, 2.45) is 0 Å². The van der Waals surface area contributed by atoms with Gasteiger partial charge in [-0.05, 0) is 74.2 Å². The maximum Gasteiger partial charge on any atom is 0.335 e. The van der Waals surface area contributed by atoms with E-state index in [-0.39, 0.29) is 12.5 Å². The first-order chi connectivity index (χ1) is 23.9. The van der Waals surface area contributed by atoms with Gasteiger partial charge in [-0.2, -0.15) is 0 Å². The summed E-state index contributed by atoms with van der Waals surface area (Å²) in [6, 6.07) is 14.0. The minimum Gasteiger partial charge on any atom is -0.478 e. The molecule has 0 bridgehead atoms. The second-order valence-electron chi connectivity index (χ2n) is 13.7. The molecule has 2 aromatic carbocycles. The highest BCUT2D eigenvalue weighted by Gasteiger charge is 2.33. The van der Waals surface area contributed by atoms with Crippen LogP contribution in [0.4, 0.5) is 5.69 Å². The van der Waals surface area contributed by atoms with Crippen LogP contribution in [0.1, 0.15) is 66.6 Å². The summed E-state index contributed by atoms with van der Waals surface area (Å²) >= 11 is 0. The van der Waals surface area contributed by atoms with Crippen LogP contribution in [-0.4, -0.2) is 92.1 Å². The van der Waals surface area contributed by atoms with E-state index in [1.54, 1.807) is 18.5 Å². The van der Waals surface area contributed by atoms with Gasteiger partial charge in [0.25, 0.3) is 0 Å². The van der Waals surface area contributed by atoms with Gasteiger partial charge in [-0.1, -0.05) is 32.3 Å². The number of amides is 1. The number of hydrogen-bond donors (Lipinski definition) is 1. The molecular formula is C39H43N7O3. The fourth-order valence-electron chi connectivity index (χ4n) is 8.42. The SMILES string of the molecule is CCN1CCN(C(=O)CN2CCn3c(c(C4CCCCC4)c4ccc(C(=O)O)cc43)-c3ccc4nc(-c5nccnc5C)ccc4c32)CC1. The summed E-state index contributed by atoms with van der Waals surface area (Å²) in [5.41, 5.74) is 8.99. The van der Waals surface area contributed by atoms with Crippen molar-refractivity contribution in [3.63, 3.8) is 0 Å². The molecule has 5 heterocycles. The molecule has 8 rings (SSSR count). The van der Waals surface area contributed by atoms with E-state index in [1.165, 1.54) is 24.8 Å². The monoisotopic (exact) mass is 657 g/mol. The van der Waals surface area contributed by atoms with Gasteiger partial charge in [0, 0.05) is 73.5 Å². The highest BCUT2D eigenvalue weighted by Crippen LogP contribution is 2.49. The molecule has 5 aromatic rings. The van der Waals surface area contributed by atoms with E-state index >= 15 is 0 Å². The van der Waals surface area contributed by atoms with E-state index in [4.69, 9.17) is 4.98 Å². The molecule has 2 aliphatic heterocycles. The molecule has 49 heavy (non-hydrogen) atoms. The van der Waals surface area contributed by atoms with Crippen molar-refractivity contribution in [3.05, 3.63) is 71.7 Å². The van der Waals surface area contributed by atoms with Gasteiger partial charge in [0.05, 0.1) is 40.4 Å². The number of piperazine rings is 1. The second kappa shape index (κ2) is 12.9. The lowest BCUT2D eigenvalue weighted by Crippen LogP contribution is -2.51. The van der Waals surface area contributed by atoms with Gasteiger partial charge in [0.1, 0.15) is 5.69 Å². The van der Waals surface area contributed by atoms with Gasteiger partial charge in [-0.15, -0.1) is 0 Å². The van der Waals surface area contributed by atoms with E-state index in [0.717, 1.165) is 101 Å². The number of hydrogen-bond acceptors (Lipinski definition) is 7. The molecule has 3 aliphatic rings. The van der Waals surface area contributed by atoms with Crippen LogP contribution < -0.4 is 4.90 Å². The molecule has 2 fully saturated rings. The standard InChI is InChI=1S/C39H43N7O3/c1-3-43-17-19-44(20-18-43)34(47)24-45-21-22-46-33-23-27(39(48)49)9-10-29(33)35(26-7-5-4-6-8-26)38(46)30-12-13-31-28(37(30)45)11-14-32(42-31)36-25(2)40-15-16-41-36/h9-16,23,26H,3-8,17-22,24H2,1-2H3,(H,48,49). The third kappa shape index (κ3) is 5.61. The summed E-state index contributed by atoms with van der Waals surface area (Å²) in [5.74, 6) is -0.405. The number of anilines is 1. The van der Waals surface area contributed by atoms with Gasteiger partial charge in [0.2, 0.25) is 5.91 Å². The minimum absolute atomic E-state index is 0.135. The maximum absolute atomic E-state index is 14.0. The molecule has 0 atom stereocenters. The molecule has 1 aliphatic carbocycles. The maximum atomic E-state index is 14.0. The predicted octanol–water partition coefficient (Wildman–Crippen LogP) is 6.35. The number of carbonyl (C=O) groups is 2. The van der Waals surface area contributed by atoms with Gasteiger partial charge < -0.3 is 24.4 Å². The van der Waals surface area contributed by atoms with Gasteiger partial charge in [-0.3, -0.25) is 14.8 Å². The number of carboxylic acids is 1. The van der Waals surface area contributed by atoms with Crippen LogP contribution in [-0.2, 0) is 11.3 Å². The van der Waals surface area contributed by atoms with E-state index in [9.17, 15) is 14.7 Å². The van der Waals surface area contributed by atoms with Gasteiger partial charge in [-0.25, -0.2) is 9.78 Å². The van der Waals surface area contributed by atoms with Crippen LogP contribution in [0.2, 0.25) is 0 Å². The number of nitrogens with zero attached hydrogens (tertiary/aromatic N) is 7. The number of rotatable bonds is 6. The molecule has 1 N–H and O–H groups in total. The Labute approximate surface area is 286 Å². The van der Waals surface area contributed by atoms with Crippen molar-refractivity contribution >= 4 is 39.4 Å². The summed E-state index contributed by atoms with van der Waals surface area (Å²) in [5, 5.41) is 12.1. The lowest BCUT2D eigenvalue weighted by atomic mass is 9.81. The number of carboxylic acid groups (broad SMARTS) is 1. The zero-order valence-corrected chi connectivity index (χ0v) is 28.4. The molecule has 252 valence electrons. The fourth-order valence-corrected chi connectivity index (χ4v) is 8.42. The third-order valence-electron chi connectivity index (χ3n) is 11.0. The smallest absolute Gasteiger partial charge is 0.335 e. The van der Waals surface area contributed by atoms with E-state index < -0.39 is 5.97 Å². The van der Waals surface area contributed by atoms with E-state index in [0.29, 0.717) is 24.6 Å². The zero-order chi connectivity index (χ0) is 33.6. The quantitative estimate of drug-likeness (QED) is 0.225. The van der Waals surface area contributed by atoms with Crippen LogP contribution in [0.25, 0.3) is 44.5 Å². The lowest BCUT2D eigenvalue weighted by molar-refractivity contribution is -0.131. The molecule has 3 aromatic heterocycles. The van der Waals surface area contributed by atoms with Crippen molar-refractivity contribution < 1.29 is 14.7 Å². The van der Waals surface area contributed by atoms with Crippen LogP contribution >= 0.6 is 0 Å². The topological polar surface area (TPSA) is 108 Å². The Hall–Kier alpha value is -4.83. The third-order valence-corrected chi connectivity index (χ3v) is 11.0. The Morgan fingerprint density at radius 2 is 1.65 bits per heavy atom. The van der Waals surface area contributed by atoms with Crippen molar-refractivity contribution in [3.8, 4) is 22.6 Å². The highest BCUT2D eigenvalue weighted by molar-refractivity contribution is 6.06. The summed E-state index contributed by atoms with van der Waals surface area (Å²) in [4.78, 5) is 47.0. The number of benzene rings is 2. The largest absolute Gasteiger partial charge is 0.478 e. The number of likely N-dealkylation sites (N-methyl/N-ethyl adjacent to an activating group) is 1. The van der Waals surface area contributed by atoms with Crippen molar-refractivity contribution in [1.29, 1.82) is 0 Å². The Kier molecular flexibility index (Phi) is 8.27. The molecule has 1 amide bonds. The van der Waals surface area contributed by atoms with E-state index in [2.05, 4.69) is 49.5 Å². The molecule has 0 spiro atoms. The van der Waals surface area contributed by atoms with Crippen molar-refractivity contribution in [2.75, 3.05) is 50.7 Å². The Morgan fingerprint density at radius 3 is 2.41 bits per heavy atom. The average molecular weight is 658 g/mol. The predicted molar refractivity (Wildman–Crippen MR) is 192 cm³/mol. The Balaban J connectivity index is 1.32. The number of aromatic carboxylic acids is 1. The van der Waals surface area contributed by atoms with Crippen LogP contribution in [0, 0.1) is 6.92 Å². The van der Waals surface area contributed by atoms with Gasteiger partial charge >= 0.3 is 5.97 Å². The molecular weight excluding hydrogens is 614 g/mol. The number of fused-ring (bicyclic) bond motifs is 7. The summed E-state index contributed by atoms with van der Waals surface area (Å²) in [6.45, 7) is 9.88. The highest BCUT2D eigenvalue weighted by atomic mass is 16.4. The second-order valence-corrected chi connectivity index (χ2v) is 13.7. The lowest BCUT2D eigenvalue weighted by Gasteiger charge is -2.36. The molecule has 0 radical (unpaired) electrons. The molecule has 10 nitrogen and oxygen atoms in total. The fraction of sp³-hybridized carbons (Fsp3) is 0.410. The number of pyridine rings is 1. The average Bonchev–Trinajstić information content (AvgIpc) is 3.37. The first-order valence-corrected chi connectivity index (χ1v) is 17.8. The van der Waals surface area contributed by atoms with Crippen LogP contribution in [0.5, 0.6) is 0 Å². The van der Waals surface area contributed by atoms with Crippen molar-refractivity contribution in [1.82, 2.24) is 29.3 Å². The van der Waals surface area contributed by atoms with Crippen molar-refractivity contribution in [2.45, 2.75) is 58.4 Å². The summed E-state index contributed by atoms with van der Waals surface area (Å²) in [7, 11) is 0. The van der Waals surface area contributed by atoms with E-state index in [1.807, 2.05) is 30.0 Å². The Morgan fingerprint density at radius 1 is 0.878 bits per heavy atom. The number of aryl methyl sites for hydroxylation is 1. The molecule has 1 saturated carbocycles. The zero-order valence-electron chi connectivity index (χ0n) is 28.4. The molecule has 1 saturated heterocycles. The molecule has 10 heteroatoms. The van der Waals surface area contributed by atoms with Crippen LogP contribution in [0.15, 0.2) is 54.9 Å².